The summed E-state index contributed by atoms with van der Waals surface area (Å²) in [5, 5.41) is 0.230. The van der Waals surface area contributed by atoms with Gasteiger partial charge in [0.1, 0.15) is 23.0 Å². The Balaban J connectivity index is 2.09. The Hall–Kier alpha value is -3.19. The van der Waals surface area contributed by atoms with E-state index in [4.69, 9.17) is 0 Å². The fraction of sp³-hybridized carbons (Fsp3) is 0. The first kappa shape index (κ1) is 18.2. The summed E-state index contributed by atoms with van der Waals surface area (Å²) >= 11 is 0. The number of aromatic nitrogens is 1. The van der Waals surface area contributed by atoms with Gasteiger partial charge in [-0.25, -0.2) is 21.6 Å². The minimum absolute atomic E-state index is 0.0279. The van der Waals surface area contributed by atoms with Crippen LogP contribution in [-0.4, -0.2) is 13.4 Å². The van der Waals surface area contributed by atoms with Gasteiger partial charge in [-0.05, 0) is 48.0 Å². The lowest BCUT2D eigenvalue weighted by Crippen LogP contribution is -2.06. The van der Waals surface area contributed by atoms with Crippen molar-refractivity contribution in [3.8, 4) is 11.1 Å². The van der Waals surface area contributed by atoms with Crippen molar-refractivity contribution in [3.05, 3.63) is 90.4 Å². The van der Waals surface area contributed by atoms with E-state index < -0.39 is 27.3 Å². The summed E-state index contributed by atoms with van der Waals surface area (Å²) in [6.07, 6.45) is 1.05. The first-order valence-corrected chi connectivity index (χ1v) is 9.70. The van der Waals surface area contributed by atoms with E-state index in [-0.39, 0.29) is 31.8 Å². The van der Waals surface area contributed by atoms with Crippen molar-refractivity contribution in [2.75, 3.05) is 0 Å². The molecule has 0 aliphatic rings. The molecule has 0 saturated heterocycles. The van der Waals surface area contributed by atoms with Crippen molar-refractivity contribution < 1.29 is 21.6 Å². The summed E-state index contributed by atoms with van der Waals surface area (Å²) in [5.74, 6) is -1.77. The van der Waals surface area contributed by atoms with Gasteiger partial charge in [-0.1, -0.05) is 24.3 Å². The molecule has 1 aromatic heterocycles. The van der Waals surface area contributed by atoms with Crippen LogP contribution in [0.1, 0.15) is 0 Å². The Morgan fingerprint density at radius 2 is 1.50 bits per heavy atom. The lowest BCUT2D eigenvalue weighted by molar-refractivity contribution is 0.594. The van der Waals surface area contributed by atoms with Gasteiger partial charge < -0.3 is 0 Å². The van der Waals surface area contributed by atoms with Gasteiger partial charge in [-0.15, -0.1) is 0 Å². The third-order valence-corrected chi connectivity index (χ3v) is 6.12. The first-order valence-electron chi connectivity index (χ1n) is 8.22. The van der Waals surface area contributed by atoms with Crippen molar-refractivity contribution in [1.82, 2.24) is 4.98 Å². The smallest absolute Gasteiger partial charge is 0.208 e. The molecule has 0 aliphatic carbocycles. The number of sulfone groups is 1. The van der Waals surface area contributed by atoms with Crippen LogP contribution in [0.3, 0.4) is 0 Å². The molecule has 0 atom stereocenters. The molecule has 28 heavy (non-hydrogen) atoms. The standard InChI is InChI=1S/C21H12F3NO2S/c22-14-7-9-16(10-8-14)28(26,27)19-12-25-21-17(5-2-6-18(21)24)20(19)13-3-1-4-15(23)11-13/h1-12H. The van der Waals surface area contributed by atoms with Crippen LogP contribution in [0.15, 0.2) is 82.7 Å². The third kappa shape index (κ3) is 3.03. The van der Waals surface area contributed by atoms with Gasteiger partial charge in [0.05, 0.1) is 9.79 Å². The van der Waals surface area contributed by atoms with Crippen molar-refractivity contribution in [2.45, 2.75) is 9.79 Å². The predicted octanol–water partition coefficient (Wildman–Crippen LogP) is 5.15. The number of rotatable bonds is 3. The van der Waals surface area contributed by atoms with E-state index in [9.17, 15) is 21.6 Å². The number of benzene rings is 3. The lowest BCUT2D eigenvalue weighted by Gasteiger charge is -2.14. The zero-order valence-electron chi connectivity index (χ0n) is 14.2. The molecule has 0 saturated carbocycles. The number of hydrogen-bond acceptors (Lipinski definition) is 3. The van der Waals surface area contributed by atoms with Crippen LogP contribution < -0.4 is 0 Å². The average Bonchev–Trinajstić information content (AvgIpc) is 2.68. The summed E-state index contributed by atoms with van der Waals surface area (Å²) in [7, 11) is -4.13. The second-order valence-corrected chi connectivity index (χ2v) is 8.02. The Bertz CT molecular complexity index is 1300. The lowest BCUT2D eigenvalue weighted by atomic mass is 10.0. The maximum absolute atomic E-state index is 14.2. The van der Waals surface area contributed by atoms with E-state index in [0.717, 1.165) is 30.5 Å². The van der Waals surface area contributed by atoms with Crippen molar-refractivity contribution in [2.24, 2.45) is 0 Å². The molecule has 140 valence electrons. The molecule has 0 radical (unpaired) electrons. The molecule has 4 rings (SSSR count). The summed E-state index contributed by atoms with van der Waals surface area (Å²) in [5.41, 5.74) is 0.367. The molecule has 0 aliphatic heterocycles. The molecule has 1 heterocycles. The molecule has 0 bridgehead atoms. The summed E-state index contributed by atoms with van der Waals surface area (Å²) in [4.78, 5) is 3.61. The van der Waals surface area contributed by atoms with Gasteiger partial charge in [0.2, 0.25) is 9.84 Å². The number of para-hydroxylation sites is 1. The molecule has 3 nitrogen and oxygen atoms in total. The molecule has 0 unspecified atom stereocenters. The van der Waals surface area contributed by atoms with Gasteiger partial charge in [0.25, 0.3) is 0 Å². The fourth-order valence-electron chi connectivity index (χ4n) is 3.05. The van der Waals surface area contributed by atoms with E-state index in [2.05, 4.69) is 4.98 Å². The molecule has 4 aromatic rings. The third-order valence-electron chi connectivity index (χ3n) is 4.34. The summed E-state index contributed by atoms with van der Waals surface area (Å²) in [6.45, 7) is 0. The Morgan fingerprint density at radius 3 is 2.21 bits per heavy atom. The highest BCUT2D eigenvalue weighted by Crippen LogP contribution is 2.37. The number of pyridine rings is 1. The summed E-state index contributed by atoms with van der Waals surface area (Å²) < 4.78 is 67.7. The number of fused-ring (bicyclic) bond motifs is 1. The normalized spacial score (nSPS) is 11.7. The van der Waals surface area contributed by atoms with Crippen LogP contribution in [-0.2, 0) is 9.84 Å². The van der Waals surface area contributed by atoms with Crippen molar-refractivity contribution >= 4 is 20.7 Å². The van der Waals surface area contributed by atoms with E-state index >= 15 is 0 Å². The van der Waals surface area contributed by atoms with Gasteiger partial charge >= 0.3 is 0 Å². The monoisotopic (exact) mass is 399 g/mol. The number of halogens is 3. The molecule has 0 spiro atoms. The fourth-order valence-corrected chi connectivity index (χ4v) is 4.49. The molecular formula is C21H12F3NO2S. The Morgan fingerprint density at radius 1 is 0.786 bits per heavy atom. The SMILES string of the molecule is O=S(=O)(c1ccc(F)cc1)c1cnc2c(F)cccc2c1-c1cccc(F)c1. The van der Waals surface area contributed by atoms with E-state index in [1.165, 1.54) is 42.5 Å². The summed E-state index contributed by atoms with van der Waals surface area (Å²) in [6, 6.07) is 13.9. The highest BCUT2D eigenvalue weighted by atomic mass is 32.2. The number of nitrogens with zero attached hydrogens (tertiary/aromatic N) is 1. The van der Waals surface area contributed by atoms with E-state index in [0.29, 0.717) is 0 Å². The second kappa shape index (κ2) is 6.76. The van der Waals surface area contributed by atoms with Gasteiger partial charge in [0, 0.05) is 17.1 Å². The Labute approximate surface area is 159 Å². The maximum Gasteiger partial charge on any atom is 0.208 e. The molecule has 0 fully saturated rings. The maximum atomic E-state index is 14.2. The van der Waals surface area contributed by atoms with Crippen LogP contribution in [0, 0.1) is 17.5 Å². The predicted molar refractivity (Wildman–Crippen MR) is 98.9 cm³/mol. The highest BCUT2D eigenvalue weighted by Gasteiger charge is 2.25. The first-order chi connectivity index (χ1) is 13.4. The topological polar surface area (TPSA) is 47.0 Å². The van der Waals surface area contributed by atoms with Crippen LogP contribution in [0.5, 0.6) is 0 Å². The molecule has 0 N–H and O–H groups in total. The van der Waals surface area contributed by atoms with E-state index in [1.54, 1.807) is 0 Å². The molecule has 0 amide bonds. The second-order valence-electron chi connectivity index (χ2n) is 6.10. The number of hydrogen-bond donors (Lipinski definition) is 0. The highest BCUT2D eigenvalue weighted by molar-refractivity contribution is 7.91. The molecule has 3 aromatic carbocycles. The van der Waals surface area contributed by atoms with Crippen LogP contribution in [0.2, 0.25) is 0 Å². The van der Waals surface area contributed by atoms with Crippen LogP contribution >= 0.6 is 0 Å². The quantitative estimate of drug-likeness (QED) is 0.448. The average molecular weight is 399 g/mol. The minimum Gasteiger partial charge on any atom is -0.252 e. The van der Waals surface area contributed by atoms with E-state index in [1.807, 2.05) is 0 Å². The largest absolute Gasteiger partial charge is 0.252 e. The van der Waals surface area contributed by atoms with Gasteiger partial charge in [-0.3, -0.25) is 4.98 Å². The van der Waals surface area contributed by atoms with Crippen molar-refractivity contribution in [3.63, 3.8) is 0 Å². The van der Waals surface area contributed by atoms with Gasteiger partial charge in [0.15, 0.2) is 0 Å². The molecule has 7 heteroatoms. The minimum atomic E-state index is -4.13. The zero-order chi connectivity index (χ0) is 19.9. The van der Waals surface area contributed by atoms with Crippen LogP contribution in [0.25, 0.3) is 22.0 Å². The van der Waals surface area contributed by atoms with Crippen LogP contribution in [0.4, 0.5) is 13.2 Å². The zero-order valence-corrected chi connectivity index (χ0v) is 15.1. The Kier molecular flexibility index (Phi) is 4.39. The molecular weight excluding hydrogens is 387 g/mol. The van der Waals surface area contributed by atoms with Crippen molar-refractivity contribution in [1.29, 1.82) is 0 Å². The van der Waals surface area contributed by atoms with Gasteiger partial charge in [-0.2, -0.15) is 0 Å².